The van der Waals surface area contributed by atoms with E-state index in [1.54, 1.807) is 0 Å². The highest BCUT2D eigenvalue weighted by Gasteiger charge is 2.23. The van der Waals surface area contributed by atoms with Crippen LogP contribution < -0.4 is 0 Å². The standard InChI is InChI=1S/C21H24ClNO2/c22-19-9-4-8-18(14-19)16-25-20-10-5-13-23(15-20)21(24)12-11-17-6-2-1-3-7-17/h1-4,6-9,14,20H,5,10-13,15-16H2/t20-/m1/s1. The number of hydrogen-bond acceptors (Lipinski definition) is 2. The van der Waals surface area contributed by atoms with E-state index in [1.165, 1.54) is 5.56 Å². The number of benzene rings is 2. The molecule has 3 nitrogen and oxygen atoms in total. The topological polar surface area (TPSA) is 29.5 Å². The highest BCUT2D eigenvalue weighted by molar-refractivity contribution is 6.30. The molecule has 1 saturated heterocycles. The quantitative estimate of drug-likeness (QED) is 0.762. The fraction of sp³-hybridized carbons (Fsp3) is 0.381. The Hall–Kier alpha value is -1.84. The Morgan fingerprint density at radius 3 is 2.72 bits per heavy atom. The molecule has 0 unspecified atom stereocenters. The van der Waals surface area contributed by atoms with Crippen molar-refractivity contribution in [3.63, 3.8) is 0 Å². The number of halogens is 1. The molecule has 0 spiro atoms. The molecule has 3 rings (SSSR count). The minimum atomic E-state index is 0.105. The first-order chi connectivity index (χ1) is 12.2. The number of hydrogen-bond donors (Lipinski definition) is 0. The number of ether oxygens (including phenoxy) is 1. The number of rotatable bonds is 6. The van der Waals surface area contributed by atoms with E-state index in [1.807, 2.05) is 47.4 Å². The van der Waals surface area contributed by atoms with Gasteiger partial charge in [0.05, 0.1) is 12.7 Å². The summed E-state index contributed by atoms with van der Waals surface area (Å²) >= 11 is 6.01. The lowest BCUT2D eigenvalue weighted by atomic mass is 10.1. The van der Waals surface area contributed by atoms with Crippen molar-refractivity contribution in [3.05, 3.63) is 70.7 Å². The number of carbonyl (C=O) groups excluding carboxylic acids is 1. The highest BCUT2D eigenvalue weighted by atomic mass is 35.5. The smallest absolute Gasteiger partial charge is 0.222 e. The van der Waals surface area contributed by atoms with E-state index in [0.29, 0.717) is 19.6 Å². The number of likely N-dealkylation sites (tertiary alicyclic amines) is 1. The van der Waals surface area contributed by atoms with E-state index < -0.39 is 0 Å². The Kier molecular flexibility index (Phi) is 6.48. The van der Waals surface area contributed by atoms with Crippen LogP contribution >= 0.6 is 11.6 Å². The highest BCUT2D eigenvalue weighted by Crippen LogP contribution is 2.18. The van der Waals surface area contributed by atoms with Gasteiger partial charge in [-0.15, -0.1) is 0 Å². The van der Waals surface area contributed by atoms with Crippen LogP contribution in [-0.2, 0) is 22.6 Å². The Morgan fingerprint density at radius 1 is 1.12 bits per heavy atom. The minimum absolute atomic E-state index is 0.105. The molecule has 1 aliphatic rings. The van der Waals surface area contributed by atoms with E-state index in [9.17, 15) is 4.79 Å². The van der Waals surface area contributed by atoms with Gasteiger partial charge in [-0.1, -0.05) is 54.1 Å². The van der Waals surface area contributed by atoms with Crippen LogP contribution in [0.4, 0.5) is 0 Å². The molecule has 1 aliphatic heterocycles. The summed E-state index contributed by atoms with van der Waals surface area (Å²) in [4.78, 5) is 14.4. The van der Waals surface area contributed by atoms with Gasteiger partial charge in [0.1, 0.15) is 0 Å². The van der Waals surface area contributed by atoms with Gasteiger partial charge in [0, 0.05) is 24.5 Å². The van der Waals surface area contributed by atoms with Gasteiger partial charge in [0.15, 0.2) is 0 Å². The molecule has 1 fully saturated rings. The zero-order valence-electron chi connectivity index (χ0n) is 14.4. The van der Waals surface area contributed by atoms with Gasteiger partial charge < -0.3 is 9.64 Å². The maximum absolute atomic E-state index is 12.5. The minimum Gasteiger partial charge on any atom is -0.372 e. The van der Waals surface area contributed by atoms with E-state index in [-0.39, 0.29) is 12.0 Å². The summed E-state index contributed by atoms with van der Waals surface area (Å²) < 4.78 is 6.01. The van der Waals surface area contributed by atoms with Crippen molar-refractivity contribution >= 4 is 17.5 Å². The van der Waals surface area contributed by atoms with Crippen molar-refractivity contribution in [1.82, 2.24) is 4.90 Å². The third kappa shape index (κ3) is 5.58. The molecular formula is C21H24ClNO2. The lowest BCUT2D eigenvalue weighted by Gasteiger charge is -2.33. The first kappa shape index (κ1) is 18.0. The lowest BCUT2D eigenvalue weighted by Crippen LogP contribution is -2.43. The molecule has 0 aromatic heterocycles. The van der Waals surface area contributed by atoms with E-state index >= 15 is 0 Å². The fourth-order valence-electron chi connectivity index (χ4n) is 3.20. The summed E-state index contributed by atoms with van der Waals surface area (Å²) in [5.74, 6) is 0.222. The van der Waals surface area contributed by atoms with Crippen molar-refractivity contribution in [2.45, 2.75) is 38.4 Å². The molecule has 2 aromatic carbocycles. The molecule has 2 aromatic rings. The summed E-state index contributed by atoms with van der Waals surface area (Å²) in [6.07, 6.45) is 3.46. The van der Waals surface area contributed by atoms with Crippen LogP contribution in [0.25, 0.3) is 0 Å². The second-order valence-electron chi connectivity index (χ2n) is 6.53. The van der Waals surface area contributed by atoms with E-state index in [4.69, 9.17) is 16.3 Å². The Labute approximate surface area is 154 Å². The zero-order chi connectivity index (χ0) is 17.5. The molecule has 25 heavy (non-hydrogen) atoms. The van der Waals surface area contributed by atoms with Crippen molar-refractivity contribution in [2.75, 3.05) is 13.1 Å². The molecule has 1 amide bonds. The van der Waals surface area contributed by atoms with E-state index in [2.05, 4.69) is 12.1 Å². The molecule has 0 N–H and O–H groups in total. The Bertz CT molecular complexity index is 689. The van der Waals surface area contributed by atoms with Gasteiger partial charge in [-0.3, -0.25) is 4.79 Å². The zero-order valence-corrected chi connectivity index (χ0v) is 15.1. The van der Waals surface area contributed by atoms with Gasteiger partial charge in [-0.2, -0.15) is 0 Å². The maximum atomic E-state index is 12.5. The molecule has 1 heterocycles. The second kappa shape index (κ2) is 9.02. The predicted molar refractivity (Wildman–Crippen MR) is 101 cm³/mol. The normalized spacial score (nSPS) is 17.5. The number of amides is 1. The summed E-state index contributed by atoms with van der Waals surface area (Å²) in [6.45, 7) is 2.07. The first-order valence-corrected chi connectivity index (χ1v) is 9.26. The van der Waals surface area contributed by atoms with Crippen LogP contribution in [0, 0.1) is 0 Å². The van der Waals surface area contributed by atoms with Crippen molar-refractivity contribution in [3.8, 4) is 0 Å². The number of carbonyl (C=O) groups is 1. The molecule has 0 saturated carbocycles. The molecule has 0 radical (unpaired) electrons. The Morgan fingerprint density at radius 2 is 1.92 bits per heavy atom. The average molecular weight is 358 g/mol. The van der Waals surface area contributed by atoms with E-state index in [0.717, 1.165) is 36.4 Å². The summed E-state index contributed by atoms with van der Waals surface area (Å²) in [6, 6.07) is 17.9. The van der Waals surface area contributed by atoms with Crippen molar-refractivity contribution in [1.29, 1.82) is 0 Å². The summed E-state index contributed by atoms with van der Waals surface area (Å²) in [5, 5.41) is 0.725. The Balaban J connectivity index is 1.46. The van der Waals surface area contributed by atoms with Crippen molar-refractivity contribution in [2.24, 2.45) is 0 Å². The molecule has 0 bridgehead atoms. The lowest BCUT2D eigenvalue weighted by molar-refractivity contribution is -0.135. The van der Waals surface area contributed by atoms with Crippen LogP contribution in [0.5, 0.6) is 0 Å². The van der Waals surface area contributed by atoms with Gasteiger partial charge in [0.25, 0.3) is 0 Å². The SMILES string of the molecule is O=C(CCc1ccccc1)N1CCC[C@@H](OCc2cccc(Cl)c2)C1. The van der Waals surface area contributed by atoms with Gasteiger partial charge >= 0.3 is 0 Å². The van der Waals surface area contributed by atoms with Crippen LogP contribution in [0.3, 0.4) is 0 Å². The van der Waals surface area contributed by atoms with Crippen LogP contribution in [0.15, 0.2) is 54.6 Å². The predicted octanol–water partition coefficient (Wildman–Crippen LogP) is 4.48. The monoisotopic (exact) mass is 357 g/mol. The fourth-order valence-corrected chi connectivity index (χ4v) is 3.41. The number of nitrogens with zero attached hydrogens (tertiary/aromatic N) is 1. The van der Waals surface area contributed by atoms with Gasteiger partial charge in [-0.25, -0.2) is 0 Å². The van der Waals surface area contributed by atoms with Crippen LogP contribution in [0.2, 0.25) is 5.02 Å². The molecule has 4 heteroatoms. The summed E-state index contributed by atoms with van der Waals surface area (Å²) in [5.41, 5.74) is 2.28. The summed E-state index contributed by atoms with van der Waals surface area (Å²) in [7, 11) is 0. The van der Waals surface area contributed by atoms with Gasteiger partial charge in [0.2, 0.25) is 5.91 Å². The first-order valence-electron chi connectivity index (χ1n) is 8.88. The van der Waals surface area contributed by atoms with Crippen molar-refractivity contribution < 1.29 is 9.53 Å². The average Bonchev–Trinajstić information content (AvgIpc) is 2.65. The van der Waals surface area contributed by atoms with Crippen LogP contribution in [-0.4, -0.2) is 30.0 Å². The number of piperidine rings is 1. The molecular weight excluding hydrogens is 334 g/mol. The maximum Gasteiger partial charge on any atom is 0.222 e. The number of aryl methyl sites for hydroxylation is 1. The molecule has 132 valence electrons. The van der Waals surface area contributed by atoms with Gasteiger partial charge in [-0.05, 0) is 42.5 Å². The third-order valence-electron chi connectivity index (χ3n) is 4.58. The van der Waals surface area contributed by atoms with Crippen LogP contribution in [0.1, 0.15) is 30.4 Å². The largest absolute Gasteiger partial charge is 0.372 e. The molecule has 1 atom stereocenters. The second-order valence-corrected chi connectivity index (χ2v) is 6.97. The third-order valence-corrected chi connectivity index (χ3v) is 4.81. The molecule has 0 aliphatic carbocycles.